The van der Waals surface area contributed by atoms with E-state index in [-0.39, 0.29) is 6.42 Å². The lowest BCUT2D eigenvalue weighted by atomic mass is 9.99. The van der Waals surface area contributed by atoms with Crippen LogP contribution in [0.2, 0.25) is 0 Å². The first kappa shape index (κ1) is 55.1. The van der Waals surface area contributed by atoms with Crippen molar-refractivity contribution in [2.75, 3.05) is 13.2 Å². The summed E-state index contributed by atoms with van der Waals surface area (Å²) in [7, 11) is -5.10. The maximum absolute atomic E-state index is 13.1. The first-order valence-electron chi connectivity index (χ1n) is 23.5. The number of carbonyl (C=O) groups excluding carboxylic acids is 1. The molecule has 0 saturated carbocycles. The van der Waals surface area contributed by atoms with Crippen LogP contribution in [0.3, 0.4) is 0 Å². The Labute approximate surface area is 352 Å². The van der Waals surface area contributed by atoms with Gasteiger partial charge in [0.25, 0.3) is 0 Å². The summed E-state index contributed by atoms with van der Waals surface area (Å²) in [5.41, 5.74) is 0. The summed E-state index contributed by atoms with van der Waals surface area (Å²) in [6, 6.07) is -1.03. The van der Waals surface area contributed by atoms with E-state index in [2.05, 4.69) is 23.3 Å². The maximum Gasteiger partial charge on any atom is 0.397 e. The second-order valence-electron chi connectivity index (χ2n) is 16.9. The molecular formula is C44H87NO12S. The van der Waals surface area contributed by atoms with E-state index >= 15 is 0 Å². The topological polar surface area (TPSA) is 212 Å². The molecule has 0 radical (unpaired) electrons. The molecule has 1 saturated heterocycles. The predicted molar refractivity (Wildman–Crippen MR) is 229 cm³/mol. The van der Waals surface area contributed by atoms with Crippen LogP contribution in [-0.2, 0) is 28.9 Å². The van der Waals surface area contributed by atoms with Crippen molar-refractivity contribution in [2.24, 2.45) is 0 Å². The van der Waals surface area contributed by atoms with Crippen LogP contribution in [0.25, 0.3) is 0 Å². The van der Waals surface area contributed by atoms with Crippen molar-refractivity contribution in [1.82, 2.24) is 5.32 Å². The summed E-state index contributed by atoms with van der Waals surface area (Å²) < 4.78 is 47.6. The van der Waals surface area contributed by atoms with Crippen molar-refractivity contribution >= 4 is 16.3 Å². The van der Waals surface area contributed by atoms with Crippen molar-refractivity contribution in [1.29, 1.82) is 0 Å². The second kappa shape index (κ2) is 35.6. The quantitative estimate of drug-likeness (QED) is 0.0231. The smallest absolute Gasteiger partial charge is 0.394 e. The van der Waals surface area contributed by atoms with E-state index in [0.717, 1.165) is 38.5 Å². The molecule has 0 aromatic carbocycles. The minimum absolute atomic E-state index is 0.266. The Bertz CT molecular complexity index is 1070. The van der Waals surface area contributed by atoms with Gasteiger partial charge in [-0.05, 0) is 12.8 Å². The Kier molecular flexibility index (Phi) is 33.8. The van der Waals surface area contributed by atoms with Gasteiger partial charge in [-0.1, -0.05) is 200 Å². The van der Waals surface area contributed by atoms with Crippen LogP contribution < -0.4 is 5.32 Å². The highest BCUT2D eigenvalue weighted by Crippen LogP contribution is 2.26. The normalized spacial score (nSPS) is 21.6. The first-order chi connectivity index (χ1) is 27.9. The molecular weight excluding hydrogens is 767 g/mol. The molecule has 14 heteroatoms. The van der Waals surface area contributed by atoms with E-state index in [4.69, 9.17) is 9.47 Å². The van der Waals surface area contributed by atoms with Gasteiger partial charge in [-0.2, -0.15) is 8.42 Å². The number of aliphatic hydroxyl groups is 5. The molecule has 1 rings (SSSR count). The van der Waals surface area contributed by atoms with Crippen LogP contribution >= 0.6 is 0 Å². The van der Waals surface area contributed by atoms with E-state index in [1.54, 1.807) is 0 Å². The Morgan fingerprint density at radius 1 is 0.621 bits per heavy atom. The number of amides is 1. The van der Waals surface area contributed by atoms with Gasteiger partial charge in [-0.25, -0.2) is 4.18 Å². The van der Waals surface area contributed by atoms with Gasteiger partial charge in [0, 0.05) is 0 Å². The zero-order valence-corrected chi connectivity index (χ0v) is 37.3. The zero-order chi connectivity index (χ0) is 42.9. The molecule has 1 aliphatic heterocycles. The Morgan fingerprint density at radius 2 is 1.00 bits per heavy atom. The van der Waals surface area contributed by atoms with Crippen LogP contribution in [0.5, 0.6) is 0 Å². The molecule has 13 nitrogen and oxygen atoms in total. The fourth-order valence-corrected chi connectivity index (χ4v) is 8.27. The highest BCUT2D eigenvalue weighted by molar-refractivity contribution is 7.80. The molecule has 7 N–H and O–H groups in total. The largest absolute Gasteiger partial charge is 0.397 e. The highest BCUT2D eigenvalue weighted by Gasteiger charge is 2.48. The zero-order valence-electron chi connectivity index (χ0n) is 36.5. The number of unbranched alkanes of at least 4 members (excludes halogenated alkanes) is 27. The minimum Gasteiger partial charge on any atom is -0.394 e. The average Bonchev–Trinajstić information content (AvgIpc) is 3.19. The van der Waals surface area contributed by atoms with Gasteiger partial charge in [0.2, 0.25) is 5.91 Å². The van der Waals surface area contributed by atoms with E-state index < -0.39 is 78.5 Å². The Hall–Kier alpha value is -0.940. The van der Waals surface area contributed by atoms with Gasteiger partial charge in [-0.3, -0.25) is 9.35 Å². The van der Waals surface area contributed by atoms with Gasteiger partial charge in [-0.15, -0.1) is 0 Å². The SMILES string of the molecule is CCCCCCCCCCCCCCCCCC(O)C(=O)NC(COC1OC(CO)C(O)C(OS(=O)(=O)O)C1O)C(O)CCCCCCCCCCCCCCCC. The third-order valence-electron chi connectivity index (χ3n) is 11.5. The van der Waals surface area contributed by atoms with Crippen LogP contribution in [-0.4, -0.2) is 107 Å². The van der Waals surface area contributed by atoms with Crippen molar-refractivity contribution in [3.8, 4) is 0 Å². The molecule has 1 amide bonds. The lowest BCUT2D eigenvalue weighted by Gasteiger charge is -2.41. The van der Waals surface area contributed by atoms with E-state index in [9.17, 15) is 43.3 Å². The molecule has 346 valence electrons. The van der Waals surface area contributed by atoms with Gasteiger partial charge in [0.1, 0.15) is 30.5 Å². The molecule has 8 unspecified atom stereocenters. The number of nitrogens with one attached hydrogen (secondary N) is 1. The summed E-state index contributed by atoms with van der Waals surface area (Å²) in [6.07, 6.45) is 24.3. The Balaban J connectivity index is 2.55. The molecule has 58 heavy (non-hydrogen) atoms. The number of ether oxygens (including phenoxy) is 2. The molecule has 0 aromatic heterocycles. The molecule has 0 aliphatic carbocycles. The van der Waals surface area contributed by atoms with Crippen LogP contribution in [0.4, 0.5) is 0 Å². The monoisotopic (exact) mass is 854 g/mol. The highest BCUT2D eigenvalue weighted by atomic mass is 32.3. The Morgan fingerprint density at radius 3 is 1.38 bits per heavy atom. The molecule has 0 aromatic rings. The molecule has 0 bridgehead atoms. The molecule has 1 aliphatic rings. The standard InChI is InChI=1S/C44H87NO12S/c1-3-5-7-9-11-13-15-17-19-21-23-25-27-29-31-33-38(48)43(51)45-36(35-55-44-41(50)42(57-58(52,53)54)40(49)39(34-46)56-44)37(47)32-30-28-26-24-22-20-18-16-14-12-10-8-6-4-2/h36-42,44,46-50H,3-35H2,1-2H3,(H,45,51)(H,52,53,54). The molecule has 1 fully saturated rings. The third kappa shape index (κ3) is 27.8. The van der Waals surface area contributed by atoms with Crippen molar-refractivity contribution in [2.45, 2.75) is 262 Å². The van der Waals surface area contributed by atoms with Crippen LogP contribution in [0, 0.1) is 0 Å². The lowest BCUT2D eigenvalue weighted by molar-refractivity contribution is -0.298. The predicted octanol–water partition coefficient (Wildman–Crippen LogP) is 7.97. The lowest BCUT2D eigenvalue weighted by Crippen LogP contribution is -2.61. The summed E-state index contributed by atoms with van der Waals surface area (Å²) in [5.74, 6) is -0.666. The summed E-state index contributed by atoms with van der Waals surface area (Å²) in [6.45, 7) is 3.28. The fourth-order valence-electron chi connectivity index (χ4n) is 7.76. The van der Waals surface area contributed by atoms with Gasteiger partial charge < -0.3 is 40.3 Å². The van der Waals surface area contributed by atoms with E-state index in [0.29, 0.717) is 19.3 Å². The summed E-state index contributed by atoms with van der Waals surface area (Å²) in [4.78, 5) is 13.1. The van der Waals surface area contributed by atoms with Crippen molar-refractivity contribution < 1.29 is 57.0 Å². The maximum atomic E-state index is 13.1. The third-order valence-corrected chi connectivity index (χ3v) is 12.0. The van der Waals surface area contributed by atoms with Crippen molar-refractivity contribution in [3.63, 3.8) is 0 Å². The molecule has 8 atom stereocenters. The van der Waals surface area contributed by atoms with E-state index in [1.165, 1.54) is 135 Å². The number of carbonyl (C=O) groups is 1. The first-order valence-corrected chi connectivity index (χ1v) is 24.9. The fraction of sp³-hybridized carbons (Fsp3) is 0.977. The summed E-state index contributed by atoms with van der Waals surface area (Å²) in [5, 5.41) is 55.3. The molecule has 0 spiro atoms. The van der Waals surface area contributed by atoms with E-state index in [1.807, 2.05) is 0 Å². The van der Waals surface area contributed by atoms with Crippen molar-refractivity contribution in [3.05, 3.63) is 0 Å². The van der Waals surface area contributed by atoms with Crippen LogP contribution in [0.15, 0.2) is 0 Å². The van der Waals surface area contributed by atoms with Crippen LogP contribution in [0.1, 0.15) is 213 Å². The number of rotatable bonds is 40. The molecule has 1 heterocycles. The number of hydrogen-bond acceptors (Lipinski definition) is 11. The van der Waals surface area contributed by atoms with Gasteiger partial charge in [0.05, 0.1) is 25.4 Å². The minimum atomic E-state index is -5.10. The number of aliphatic hydroxyl groups excluding tert-OH is 5. The second-order valence-corrected chi connectivity index (χ2v) is 17.9. The number of hydrogen-bond donors (Lipinski definition) is 7. The van der Waals surface area contributed by atoms with Gasteiger partial charge in [0.15, 0.2) is 6.29 Å². The van der Waals surface area contributed by atoms with Gasteiger partial charge >= 0.3 is 10.4 Å². The summed E-state index contributed by atoms with van der Waals surface area (Å²) >= 11 is 0. The average molecular weight is 854 g/mol.